The highest BCUT2D eigenvalue weighted by Gasteiger charge is 2.31. The highest BCUT2D eigenvalue weighted by atomic mass is 35.5. The lowest BCUT2D eigenvalue weighted by atomic mass is 10.1. The van der Waals surface area contributed by atoms with Gasteiger partial charge in [0, 0.05) is 5.69 Å². The van der Waals surface area contributed by atoms with Crippen molar-refractivity contribution in [3.8, 4) is 5.75 Å². The van der Waals surface area contributed by atoms with Crippen LogP contribution in [0.25, 0.3) is 0 Å². The molecular weight excluding hydrogens is 408 g/mol. The van der Waals surface area contributed by atoms with Crippen molar-refractivity contribution in [3.05, 3.63) is 59.9 Å². The zero-order valence-corrected chi connectivity index (χ0v) is 16.8. The van der Waals surface area contributed by atoms with E-state index in [1.807, 2.05) is 4.90 Å². The summed E-state index contributed by atoms with van der Waals surface area (Å²) in [5.41, 5.74) is 0.0440. The number of quaternary nitrogens is 1. The van der Waals surface area contributed by atoms with E-state index in [4.69, 9.17) is 4.74 Å². The molecule has 1 fully saturated rings. The van der Waals surface area contributed by atoms with E-state index in [2.05, 4.69) is 0 Å². The molecule has 1 heterocycles. The molecule has 0 amide bonds. The van der Waals surface area contributed by atoms with Crippen LogP contribution >= 0.6 is 0 Å². The lowest BCUT2D eigenvalue weighted by Gasteiger charge is -2.34. The molecular formula is C21H25ClF4N2O. The summed E-state index contributed by atoms with van der Waals surface area (Å²) in [6, 6.07) is 11.6. The summed E-state index contributed by atoms with van der Waals surface area (Å²) in [6.45, 7) is 4.94. The first kappa shape index (κ1) is 23.3. The van der Waals surface area contributed by atoms with Gasteiger partial charge in [-0.1, -0.05) is 6.07 Å². The number of piperazine rings is 1. The third-order valence-corrected chi connectivity index (χ3v) is 5.02. The first-order valence-electron chi connectivity index (χ1n) is 9.56. The molecule has 0 atom stereocenters. The Morgan fingerprint density at radius 1 is 0.966 bits per heavy atom. The maximum atomic E-state index is 12.9. The fraction of sp³-hybridized carbons (Fsp3) is 0.429. The minimum absolute atomic E-state index is 0. The Hall–Kier alpha value is -1.99. The summed E-state index contributed by atoms with van der Waals surface area (Å²) < 4.78 is 57.0. The van der Waals surface area contributed by atoms with Gasteiger partial charge in [-0.25, -0.2) is 4.39 Å². The minimum atomic E-state index is -4.31. The molecule has 0 saturated carbocycles. The van der Waals surface area contributed by atoms with Crippen molar-refractivity contribution >= 4 is 5.69 Å². The van der Waals surface area contributed by atoms with Gasteiger partial charge in [0.25, 0.3) is 0 Å². The van der Waals surface area contributed by atoms with Gasteiger partial charge in [0.2, 0.25) is 0 Å². The maximum absolute atomic E-state index is 12.9. The molecule has 0 radical (unpaired) electrons. The topological polar surface area (TPSA) is 16.9 Å². The standard InChI is InChI=1S/C21H24F4N2O.ClH/c22-18-6-8-20(9-7-18)28-15-2-1-10-26-11-13-27(14-12-26)19-5-3-4-17(16-19)21(23,24)25;/h3-9,16H,1-2,10-15H2;1H. The molecule has 2 aromatic rings. The fourth-order valence-corrected chi connectivity index (χ4v) is 3.41. The quantitative estimate of drug-likeness (QED) is 0.504. The zero-order chi connectivity index (χ0) is 20.0. The van der Waals surface area contributed by atoms with Gasteiger partial charge in [-0.15, -0.1) is 0 Å². The number of halogens is 5. The van der Waals surface area contributed by atoms with E-state index in [0.29, 0.717) is 18.0 Å². The summed E-state index contributed by atoms with van der Waals surface area (Å²) in [4.78, 5) is 3.49. The molecule has 3 rings (SSSR count). The molecule has 1 aliphatic heterocycles. The van der Waals surface area contributed by atoms with Crippen LogP contribution in [0.1, 0.15) is 18.4 Å². The second-order valence-corrected chi connectivity index (χ2v) is 7.04. The van der Waals surface area contributed by atoms with E-state index in [0.717, 1.165) is 51.6 Å². The SMILES string of the molecule is Fc1ccc(OCCCC[NH+]2CCN(c3cccc(C(F)(F)F)c3)CC2)cc1.[Cl-]. The third-order valence-electron chi connectivity index (χ3n) is 5.02. The molecule has 0 unspecified atom stereocenters. The molecule has 1 saturated heterocycles. The third kappa shape index (κ3) is 7.08. The molecule has 29 heavy (non-hydrogen) atoms. The highest BCUT2D eigenvalue weighted by Crippen LogP contribution is 2.31. The van der Waals surface area contributed by atoms with Gasteiger partial charge in [0.1, 0.15) is 11.6 Å². The van der Waals surface area contributed by atoms with E-state index in [1.165, 1.54) is 29.2 Å². The van der Waals surface area contributed by atoms with Crippen molar-refractivity contribution in [3.63, 3.8) is 0 Å². The summed E-state index contributed by atoms with van der Waals surface area (Å²) in [6.07, 6.45) is -2.38. The van der Waals surface area contributed by atoms with Crippen molar-refractivity contribution < 1.29 is 39.6 Å². The Balaban J connectivity index is 0.00000300. The van der Waals surface area contributed by atoms with Crippen LogP contribution in [-0.4, -0.2) is 39.3 Å². The highest BCUT2D eigenvalue weighted by molar-refractivity contribution is 5.49. The van der Waals surface area contributed by atoms with E-state index in [-0.39, 0.29) is 18.2 Å². The lowest BCUT2D eigenvalue weighted by molar-refractivity contribution is -0.900. The number of nitrogens with zero attached hydrogens (tertiary/aromatic N) is 1. The number of hydrogen-bond acceptors (Lipinski definition) is 2. The summed E-state index contributed by atoms with van der Waals surface area (Å²) >= 11 is 0. The van der Waals surface area contributed by atoms with Crippen molar-refractivity contribution in [2.45, 2.75) is 19.0 Å². The first-order valence-corrected chi connectivity index (χ1v) is 9.56. The molecule has 1 aliphatic rings. The van der Waals surface area contributed by atoms with Gasteiger partial charge >= 0.3 is 6.18 Å². The Kier molecular flexibility index (Phi) is 8.59. The fourth-order valence-electron chi connectivity index (χ4n) is 3.41. The molecule has 0 spiro atoms. The van der Waals surface area contributed by atoms with Crippen LogP contribution in [0.15, 0.2) is 48.5 Å². The van der Waals surface area contributed by atoms with Crippen LogP contribution in [0, 0.1) is 5.82 Å². The molecule has 8 heteroatoms. The average Bonchev–Trinajstić information content (AvgIpc) is 2.69. The summed E-state index contributed by atoms with van der Waals surface area (Å²) in [5, 5.41) is 0. The Bertz CT molecular complexity index is 747. The van der Waals surface area contributed by atoms with Crippen molar-refractivity contribution in [1.29, 1.82) is 0 Å². The largest absolute Gasteiger partial charge is 1.00 e. The predicted molar refractivity (Wildman–Crippen MR) is 100 cm³/mol. The number of unbranched alkanes of at least 4 members (excludes halogenated alkanes) is 1. The second kappa shape index (κ2) is 10.7. The maximum Gasteiger partial charge on any atom is 0.416 e. The number of rotatable bonds is 7. The summed E-state index contributed by atoms with van der Waals surface area (Å²) in [7, 11) is 0. The molecule has 1 N–H and O–H groups in total. The molecule has 2 aromatic carbocycles. The van der Waals surface area contributed by atoms with E-state index >= 15 is 0 Å². The normalized spacial score (nSPS) is 15.1. The first-order chi connectivity index (χ1) is 13.4. The van der Waals surface area contributed by atoms with Gasteiger partial charge in [-0.05, 0) is 55.3 Å². The Labute approximate surface area is 174 Å². The zero-order valence-electron chi connectivity index (χ0n) is 16.0. The number of anilines is 1. The van der Waals surface area contributed by atoms with E-state index in [1.54, 1.807) is 18.2 Å². The van der Waals surface area contributed by atoms with E-state index in [9.17, 15) is 17.6 Å². The molecule has 3 nitrogen and oxygen atoms in total. The van der Waals surface area contributed by atoms with Gasteiger partial charge in [0.05, 0.1) is 44.9 Å². The monoisotopic (exact) mass is 432 g/mol. The van der Waals surface area contributed by atoms with Gasteiger partial charge in [-0.2, -0.15) is 13.2 Å². The van der Waals surface area contributed by atoms with Crippen LogP contribution in [-0.2, 0) is 6.18 Å². The van der Waals surface area contributed by atoms with Gasteiger partial charge < -0.3 is 26.9 Å². The van der Waals surface area contributed by atoms with Crippen LogP contribution in [0.3, 0.4) is 0 Å². The van der Waals surface area contributed by atoms with Crippen LogP contribution in [0.2, 0.25) is 0 Å². The van der Waals surface area contributed by atoms with Gasteiger partial charge in [-0.3, -0.25) is 0 Å². The minimum Gasteiger partial charge on any atom is -1.00 e. The van der Waals surface area contributed by atoms with Crippen molar-refractivity contribution in [2.75, 3.05) is 44.2 Å². The second-order valence-electron chi connectivity index (χ2n) is 7.04. The lowest BCUT2D eigenvalue weighted by Crippen LogP contribution is -3.14. The molecule has 0 bridgehead atoms. The summed E-state index contributed by atoms with van der Waals surface area (Å²) in [5.74, 6) is 0.392. The van der Waals surface area contributed by atoms with Crippen LogP contribution in [0.5, 0.6) is 5.75 Å². The average molecular weight is 433 g/mol. The number of alkyl halides is 3. The number of benzene rings is 2. The van der Waals surface area contributed by atoms with Crippen molar-refractivity contribution in [1.82, 2.24) is 0 Å². The number of hydrogen-bond donors (Lipinski definition) is 1. The van der Waals surface area contributed by atoms with E-state index < -0.39 is 11.7 Å². The number of ether oxygens (including phenoxy) is 1. The predicted octanol–water partition coefficient (Wildman–Crippen LogP) is 0.413. The van der Waals surface area contributed by atoms with Gasteiger partial charge in [0.15, 0.2) is 0 Å². The molecule has 0 aromatic heterocycles. The van der Waals surface area contributed by atoms with Crippen molar-refractivity contribution in [2.24, 2.45) is 0 Å². The molecule has 160 valence electrons. The Morgan fingerprint density at radius 2 is 1.66 bits per heavy atom. The molecule has 0 aliphatic carbocycles. The Morgan fingerprint density at radius 3 is 2.31 bits per heavy atom. The van der Waals surface area contributed by atoms with Crippen LogP contribution in [0.4, 0.5) is 23.2 Å². The van der Waals surface area contributed by atoms with Crippen LogP contribution < -0.4 is 26.9 Å². The number of nitrogens with one attached hydrogen (secondary N) is 1. The smallest absolute Gasteiger partial charge is 0.416 e.